The topological polar surface area (TPSA) is 29.3 Å². The number of anilines is 1. The van der Waals surface area contributed by atoms with Crippen LogP contribution in [0.4, 0.5) is 10.1 Å². The molecule has 0 amide bonds. The first-order chi connectivity index (χ1) is 8.81. The Bertz CT molecular complexity index is 400. The predicted molar refractivity (Wildman–Crippen MR) is 81.1 cm³/mol. The SMILES string of the molecule is CC(C)CN(c1ccc(F)cc1CC(C)N)C(C)C. The first kappa shape index (κ1) is 16.0. The van der Waals surface area contributed by atoms with Crippen LogP contribution in [0.2, 0.25) is 0 Å². The minimum absolute atomic E-state index is 0.0358. The van der Waals surface area contributed by atoms with Crippen LogP contribution in [0.25, 0.3) is 0 Å². The third kappa shape index (κ3) is 4.83. The maximum Gasteiger partial charge on any atom is 0.123 e. The van der Waals surface area contributed by atoms with Gasteiger partial charge in [-0.15, -0.1) is 0 Å². The average molecular weight is 266 g/mol. The second kappa shape index (κ2) is 6.90. The summed E-state index contributed by atoms with van der Waals surface area (Å²) in [5.74, 6) is 0.378. The number of hydrogen-bond acceptors (Lipinski definition) is 2. The molecule has 0 bridgehead atoms. The van der Waals surface area contributed by atoms with Crippen LogP contribution in [-0.2, 0) is 6.42 Å². The van der Waals surface area contributed by atoms with Crippen LogP contribution in [0.1, 0.15) is 40.2 Å². The van der Waals surface area contributed by atoms with Crippen LogP contribution in [0, 0.1) is 11.7 Å². The van der Waals surface area contributed by atoms with Crippen LogP contribution < -0.4 is 10.6 Å². The maximum atomic E-state index is 13.5. The second-order valence-electron chi connectivity index (χ2n) is 6.09. The lowest BCUT2D eigenvalue weighted by Gasteiger charge is -2.33. The Morgan fingerprint density at radius 2 is 1.79 bits per heavy atom. The van der Waals surface area contributed by atoms with Crippen molar-refractivity contribution in [1.82, 2.24) is 0 Å². The zero-order chi connectivity index (χ0) is 14.6. The summed E-state index contributed by atoms with van der Waals surface area (Å²) in [7, 11) is 0. The first-order valence-electron chi connectivity index (χ1n) is 7.12. The van der Waals surface area contributed by atoms with Gasteiger partial charge >= 0.3 is 0 Å². The Morgan fingerprint density at radius 3 is 2.26 bits per heavy atom. The highest BCUT2D eigenvalue weighted by Crippen LogP contribution is 2.25. The average Bonchev–Trinajstić information content (AvgIpc) is 2.25. The van der Waals surface area contributed by atoms with E-state index in [0.717, 1.165) is 17.8 Å². The number of benzene rings is 1. The molecule has 0 aromatic heterocycles. The van der Waals surface area contributed by atoms with Gasteiger partial charge in [-0.3, -0.25) is 0 Å². The molecule has 1 atom stereocenters. The van der Waals surface area contributed by atoms with Crippen molar-refractivity contribution in [1.29, 1.82) is 0 Å². The highest BCUT2D eigenvalue weighted by molar-refractivity contribution is 5.55. The fourth-order valence-corrected chi connectivity index (χ4v) is 2.33. The summed E-state index contributed by atoms with van der Waals surface area (Å²) in [6.07, 6.45) is 0.703. The molecule has 0 fully saturated rings. The normalized spacial score (nSPS) is 13.1. The van der Waals surface area contributed by atoms with Gasteiger partial charge in [-0.25, -0.2) is 4.39 Å². The van der Waals surface area contributed by atoms with Crippen LogP contribution in [0.5, 0.6) is 0 Å². The Hall–Kier alpha value is -1.09. The molecule has 2 N–H and O–H groups in total. The van der Waals surface area contributed by atoms with Crippen molar-refractivity contribution in [2.75, 3.05) is 11.4 Å². The minimum Gasteiger partial charge on any atom is -0.369 e. The predicted octanol–water partition coefficient (Wildman–Crippen LogP) is 3.59. The Labute approximate surface area is 116 Å². The van der Waals surface area contributed by atoms with E-state index in [4.69, 9.17) is 5.73 Å². The molecule has 1 aromatic rings. The van der Waals surface area contributed by atoms with E-state index in [2.05, 4.69) is 32.6 Å². The maximum absolute atomic E-state index is 13.5. The molecule has 19 heavy (non-hydrogen) atoms. The summed E-state index contributed by atoms with van der Waals surface area (Å²) in [5.41, 5.74) is 8.00. The van der Waals surface area contributed by atoms with Crippen LogP contribution in [-0.4, -0.2) is 18.6 Å². The number of rotatable bonds is 6. The molecular formula is C16H27FN2. The number of halogens is 1. The van der Waals surface area contributed by atoms with Crippen LogP contribution in [0.3, 0.4) is 0 Å². The third-order valence-electron chi connectivity index (χ3n) is 3.08. The quantitative estimate of drug-likeness (QED) is 0.852. The largest absolute Gasteiger partial charge is 0.369 e. The summed E-state index contributed by atoms with van der Waals surface area (Å²) in [6, 6.07) is 5.47. The highest BCUT2D eigenvalue weighted by Gasteiger charge is 2.17. The van der Waals surface area contributed by atoms with Crippen molar-refractivity contribution in [3.05, 3.63) is 29.6 Å². The Kier molecular flexibility index (Phi) is 5.80. The third-order valence-corrected chi connectivity index (χ3v) is 3.08. The van der Waals surface area contributed by atoms with Crippen molar-refractivity contribution < 1.29 is 4.39 Å². The fourth-order valence-electron chi connectivity index (χ4n) is 2.33. The van der Waals surface area contributed by atoms with Gasteiger partial charge in [0.1, 0.15) is 5.82 Å². The monoisotopic (exact) mass is 266 g/mol. The standard InChI is InChI=1S/C16H27FN2/c1-11(2)10-19(12(3)4)16-7-6-15(17)9-14(16)8-13(5)18/h6-7,9,11-13H,8,10,18H2,1-5H3. The lowest BCUT2D eigenvalue weighted by molar-refractivity contribution is 0.566. The lowest BCUT2D eigenvalue weighted by atomic mass is 10.0. The molecule has 108 valence electrons. The highest BCUT2D eigenvalue weighted by atomic mass is 19.1. The smallest absolute Gasteiger partial charge is 0.123 e. The molecule has 0 saturated carbocycles. The van der Waals surface area contributed by atoms with Gasteiger partial charge < -0.3 is 10.6 Å². The number of nitrogens with zero attached hydrogens (tertiary/aromatic N) is 1. The second-order valence-corrected chi connectivity index (χ2v) is 6.09. The fraction of sp³-hybridized carbons (Fsp3) is 0.625. The van der Waals surface area contributed by atoms with Gasteiger partial charge in [-0.1, -0.05) is 13.8 Å². The lowest BCUT2D eigenvalue weighted by Crippen LogP contribution is -2.35. The zero-order valence-electron chi connectivity index (χ0n) is 12.8. The van der Waals surface area contributed by atoms with Gasteiger partial charge in [0.2, 0.25) is 0 Å². The van der Waals surface area contributed by atoms with Crippen molar-refractivity contribution in [3.8, 4) is 0 Å². The summed E-state index contributed by atoms with van der Waals surface area (Å²) < 4.78 is 13.5. The van der Waals surface area contributed by atoms with E-state index in [1.165, 1.54) is 6.07 Å². The summed E-state index contributed by atoms with van der Waals surface area (Å²) in [6.45, 7) is 11.7. The summed E-state index contributed by atoms with van der Waals surface area (Å²) in [5, 5.41) is 0. The van der Waals surface area contributed by atoms with Gasteiger partial charge in [0, 0.05) is 24.3 Å². The van der Waals surface area contributed by atoms with Crippen molar-refractivity contribution >= 4 is 5.69 Å². The first-order valence-corrected chi connectivity index (χ1v) is 7.12. The molecule has 1 rings (SSSR count). The van der Waals surface area contributed by atoms with Gasteiger partial charge in [0.15, 0.2) is 0 Å². The summed E-state index contributed by atoms with van der Waals surface area (Å²) >= 11 is 0. The van der Waals surface area contributed by atoms with E-state index < -0.39 is 0 Å². The molecule has 0 spiro atoms. The summed E-state index contributed by atoms with van der Waals surface area (Å²) in [4.78, 5) is 2.34. The molecule has 1 unspecified atom stereocenters. The van der Waals surface area contributed by atoms with E-state index in [9.17, 15) is 4.39 Å². The molecule has 0 saturated heterocycles. The van der Waals surface area contributed by atoms with Gasteiger partial charge in [0.05, 0.1) is 0 Å². The van der Waals surface area contributed by atoms with E-state index in [1.54, 1.807) is 6.07 Å². The van der Waals surface area contributed by atoms with Crippen LogP contribution in [0.15, 0.2) is 18.2 Å². The van der Waals surface area contributed by atoms with E-state index >= 15 is 0 Å². The minimum atomic E-state index is -0.187. The van der Waals surface area contributed by atoms with Crippen molar-refractivity contribution in [2.45, 2.75) is 53.1 Å². The number of hydrogen-bond donors (Lipinski definition) is 1. The molecule has 0 aliphatic rings. The van der Waals surface area contributed by atoms with Crippen molar-refractivity contribution in [2.24, 2.45) is 11.7 Å². The van der Waals surface area contributed by atoms with Gasteiger partial charge in [0.25, 0.3) is 0 Å². The Balaban J connectivity index is 3.13. The molecule has 0 aliphatic carbocycles. The van der Waals surface area contributed by atoms with E-state index in [0.29, 0.717) is 18.4 Å². The number of nitrogens with two attached hydrogens (primary N) is 1. The van der Waals surface area contributed by atoms with Gasteiger partial charge in [-0.05, 0) is 56.9 Å². The molecule has 3 heteroatoms. The van der Waals surface area contributed by atoms with E-state index in [-0.39, 0.29) is 11.9 Å². The van der Waals surface area contributed by atoms with Crippen LogP contribution >= 0.6 is 0 Å². The van der Waals surface area contributed by atoms with Gasteiger partial charge in [-0.2, -0.15) is 0 Å². The zero-order valence-corrected chi connectivity index (χ0v) is 12.8. The Morgan fingerprint density at radius 1 is 1.16 bits per heavy atom. The molecule has 0 heterocycles. The molecule has 0 radical (unpaired) electrons. The molecule has 1 aromatic carbocycles. The van der Waals surface area contributed by atoms with E-state index in [1.807, 2.05) is 13.0 Å². The molecular weight excluding hydrogens is 239 g/mol. The van der Waals surface area contributed by atoms with Crippen molar-refractivity contribution in [3.63, 3.8) is 0 Å². The molecule has 2 nitrogen and oxygen atoms in total. The molecule has 0 aliphatic heterocycles.